The summed E-state index contributed by atoms with van der Waals surface area (Å²) in [6.07, 6.45) is 5.90. The molecule has 21 heavy (non-hydrogen) atoms. The highest BCUT2D eigenvalue weighted by Crippen LogP contribution is 2.17. The Labute approximate surface area is 124 Å². The highest BCUT2D eigenvalue weighted by molar-refractivity contribution is 7.89. The lowest BCUT2D eigenvalue weighted by molar-refractivity contribution is 0.561. The third-order valence-electron chi connectivity index (χ3n) is 2.79. The molecule has 8 heteroatoms. The first-order valence-electron chi connectivity index (χ1n) is 6.79. The normalized spacial score (nSPS) is 11.5. The van der Waals surface area contributed by atoms with Crippen LogP contribution in [0.25, 0.3) is 0 Å². The van der Waals surface area contributed by atoms with Crippen LogP contribution in [0.15, 0.2) is 41.7 Å². The van der Waals surface area contributed by atoms with Crippen LogP contribution in [0.3, 0.4) is 0 Å². The van der Waals surface area contributed by atoms with Crippen LogP contribution < -0.4 is 10.0 Å². The Kier molecular flexibility index (Phi) is 5.29. The topological polar surface area (TPSA) is 88.9 Å². The molecular formula is C13H19N5O2S. The molecule has 2 N–H and O–H groups in total. The number of hydrogen-bond donors (Lipinski definition) is 2. The standard InChI is InChI=1S/C13H19N5O2S/c1-2-6-14-13-12(5-3-7-15-13)21(19,20)17-9-11-18-10-4-8-16-18/h3-5,7-8,10,17H,2,6,9,11H2,1H3,(H,14,15). The van der Waals surface area contributed by atoms with Gasteiger partial charge in [-0.25, -0.2) is 18.1 Å². The summed E-state index contributed by atoms with van der Waals surface area (Å²) in [5.74, 6) is 0.380. The lowest BCUT2D eigenvalue weighted by atomic mass is 10.4. The summed E-state index contributed by atoms with van der Waals surface area (Å²) in [5.41, 5.74) is 0. The summed E-state index contributed by atoms with van der Waals surface area (Å²) in [4.78, 5) is 4.26. The lowest BCUT2D eigenvalue weighted by Gasteiger charge is -2.11. The van der Waals surface area contributed by atoms with E-state index in [0.717, 1.165) is 6.42 Å². The van der Waals surface area contributed by atoms with Gasteiger partial charge < -0.3 is 5.32 Å². The van der Waals surface area contributed by atoms with E-state index in [1.165, 1.54) is 0 Å². The van der Waals surface area contributed by atoms with Crippen LogP contribution in [0, 0.1) is 0 Å². The number of nitrogens with one attached hydrogen (secondary N) is 2. The quantitative estimate of drug-likeness (QED) is 0.761. The Morgan fingerprint density at radius 1 is 1.24 bits per heavy atom. The zero-order chi connectivity index (χ0) is 15.1. The van der Waals surface area contributed by atoms with E-state index in [-0.39, 0.29) is 11.4 Å². The monoisotopic (exact) mass is 309 g/mol. The Hall–Kier alpha value is -1.93. The van der Waals surface area contributed by atoms with Gasteiger partial charge in [0.1, 0.15) is 10.7 Å². The van der Waals surface area contributed by atoms with Gasteiger partial charge in [0.05, 0.1) is 6.54 Å². The van der Waals surface area contributed by atoms with Crippen molar-refractivity contribution in [3.05, 3.63) is 36.8 Å². The number of hydrogen-bond acceptors (Lipinski definition) is 5. The summed E-state index contributed by atoms with van der Waals surface area (Å²) in [7, 11) is -3.59. The van der Waals surface area contributed by atoms with E-state index in [0.29, 0.717) is 18.9 Å². The minimum Gasteiger partial charge on any atom is -0.369 e. The van der Waals surface area contributed by atoms with Gasteiger partial charge in [0, 0.05) is 31.7 Å². The molecule has 0 aromatic carbocycles. The van der Waals surface area contributed by atoms with Gasteiger partial charge in [-0.2, -0.15) is 5.10 Å². The van der Waals surface area contributed by atoms with Crippen molar-refractivity contribution in [2.24, 2.45) is 0 Å². The summed E-state index contributed by atoms with van der Waals surface area (Å²) in [6.45, 7) is 3.43. The molecule has 0 radical (unpaired) electrons. The molecule has 2 aromatic heterocycles. The first-order chi connectivity index (χ1) is 10.1. The van der Waals surface area contributed by atoms with E-state index >= 15 is 0 Å². The summed E-state index contributed by atoms with van der Waals surface area (Å²) < 4.78 is 28.9. The minimum absolute atomic E-state index is 0.166. The molecule has 2 rings (SSSR count). The Balaban J connectivity index is 2.04. The predicted octanol–water partition coefficient (Wildman–Crippen LogP) is 1.08. The molecule has 114 valence electrons. The maximum Gasteiger partial charge on any atom is 0.244 e. The number of pyridine rings is 1. The van der Waals surface area contributed by atoms with E-state index in [9.17, 15) is 8.42 Å². The number of sulfonamides is 1. The van der Waals surface area contributed by atoms with Gasteiger partial charge in [0.2, 0.25) is 10.0 Å². The third-order valence-corrected chi connectivity index (χ3v) is 4.29. The van der Waals surface area contributed by atoms with E-state index in [2.05, 4.69) is 20.1 Å². The van der Waals surface area contributed by atoms with Crippen molar-refractivity contribution in [2.45, 2.75) is 24.8 Å². The average Bonchev–Trinajstić information content (AvgIpc) is 2.98. The fourth-order valence-corrected chi connectivity index (χ4v) is 2.94. The van der Waals surface area contributed by atoms with Crippen LogP contribution in [-0.2, 0) is 16.6 Å². The van der Waals surface area contributed by atoms with Crippen LogP contribution in [-0.4, -0.2) is 36.3 Å². The highest BCUT2D eigenvalue weighted by Gasteiger charge is 2.18. The van der Waals surface area contributed by atoms with Crippen molar-refractivity contribution >= 4 is 15.8 Å². The van der Waals surface area contributed by atoms with Crippen LogP contribution in [0.2, 0.25) is 0 Å². The van der Waals surface area contributed by atoms with Crippen molar-refractivity contribution in [3.63, 3.8) is 0 Å². The molecule has 0 aliphatic rings. The fraction of sp³-hybridized carbons (Fsp3) is 0.385. The van der Waals surface area contributed by atoms with Gasteiger partial charge in [-0.3, -0.25) is 4.68 Å². The molecule has 0 saturated carbocycles. The molecule has 2 heterocycles. The molecule has 0 aliphatic heterocycles. The van der Waals surface area contributed by atoms with Gasteiger partial charge in [-0.15, -0.1) is 0 Å². The molecule has 2 aromatic rings. The molecule has 7 nitrogen and oxygen atoms in total. The van der Waals surface area contributed by atoms with Gasteiger partial charge >= 0.3 is 0 Å². The van der Waals surface area contributed by atoms with Gasteiger partial charge in [-0.05, 0) is 24.6 Å². The van der Waals surface area contributed by atoms with Crippen molar-refractivity contribution in [1.29, 1.82) is 0 Å². The number of nitrogens with zero attached hydrogens (tertiary/aromatic N) is 3. The van der Waals surface area contributed by atoms with Gasteiger partial charge in [0.15, 0.2) is 0 Å². The van der Waals surface area contributed by atoms with Crippen LogP contribution in [0.4, 0.5) is 5.82 Å². The van der Waals surface area contributed by atoms with Crippen LogP contribution in [0.1, 0.15) is 13.3 Å². The molecule has 0 aliphatic carbocycles. The second-order valence-electron chi connectivity index (χ2n) is 4.44. The molecule has 0 atom stereocenters. The summed E-state index contributed by atoms with van der Waals surface area (Å²) in [5, 5.41) is 7.05. The van der Waals surface area contributed by atoms with E-state index in [1.54, 1.807) is 41.5 Å². The molecule has 0 unspecified atom stereocenters. The van der Waals surface area contributed by atoms with Crippen molar-refractivity contribution in [2.75, 3.05) is 18.4 Å². The molecular weight excluding hydrogens is 290 g/mol. The first kappa shape index (κ1) is 15.5. The average molecular weight is 309 g/mol. The largest absolute Gasteiger partial charge is 0.369 e. The van der Waals surface area contributed by atoms with Crippen molar-refractivity contribution < 1.29 is 8.42 Å². The van der Waals surface area contributed by atoms with Crippen LogP contribution in [0.5, 0.6) is 0 Å². The third kappa shape index (κ3) is 4.27. The fourth-order valence-electron chi connectivity index (χ4n) is 1.79. The summed E-state index contributed by atoms with van der Waals surface area (Å²) >= 11 is 0. The van der Waals surface area contributed by atoms with Crippen LogP contribution >= 0.6 is 0 Å². The summed E-state index contributed by atoms with van der Waals surface area (Å²) in [6, 6.07) is 4.95. The Bertz CT molecular complexity index is 655. The Morgan fingerprint density at radius 3 is 2.81 bits per heavy atom. The minimum atomic E-state index is -3.59. The zero-order valence-electron chi connectivity index (χ0n) is 11.9. The predicted molar refractivity (Wildman–Crippen MR) is 80.4 cm³/mol. The lowest BCUT2D eigenvalue weighted by Crippen LogP contribution is -2.28. The van der Waals surface area contributed by atoms with Crippen molar-refractivity contribution in [3.8, 4) is 0 Å². The second kappa shape index (κ2) is 7.19. The molecule has 0 amide bonds. The number of anilines is 1. The van der Waals surface area contributed by atoms with E-state index < -0.39 is 10.0 Å². The Morgan fingerprint density at radius 2 is 2.10 bits per heavy atom. The number of rotatable bonds is 8. The maximum absolute atomic E-state index is 12.3. The van der Waals surface area contributed by atoms with Gasteiger partial charge in [-0.1, -0.05) is 6.92 Å². The zero-order valence-corrected chi connectivity index (χ0v) is 12.7. The SMILES string of the molecule is CCCNc1ncccc1S(=O)(=O)NCCn1cccn1. The highest BCUT2D eigenvalue weighted by atomic mass is 32.2. The molecule has 0 spiro atoms. The van der Waals surface area contributed by atoms with Gasteiger partial charge in [0.25, 0.3) is 0 Å². The smallest absolute Gasteiger partial charge is 0.244 e. The first-order valence-corrected chi connectivity index (χ1v) is 8.28. The second-order valence-corrected chi connectivity index (χ2v) is 6.18. The van der Waals surface area contributed by atoms with E-state index in [1.807, 2.05) is 6.92 Å². The molecule has 0 fully saturated rings. The van der Waals surface area contributed by atoms with Crippen molar-refractivity contribution in [1.82, 2.24) is 19.5 Å². The molecule has 0 bridgehead atoms. The maximum atomic E-state index is 12.3. The van der Waals surface area contributed by atoms with E-state index in [4.69, 9.17) is 0 Å². The molecule has 0 saturated heterocycles. The number of aromatic nitrogens is 3.